The third-order valence-electron chi connectivity index (χ3n) is 6.32. The Kier molecular flexibility index (Phi) is 9.42. The van der Waals surface area contributed by atoms with E-state index in [0.717, 1.165) is 4.90 Å². The summed E-state index contributed by atoms with van der Waals surface area (Å²) in [7, 11) is 1.69. The molecule has 2 aromatic carbocycles. The number of carbonyl (C=O) groups is 3. The van der Waals surface area contributed by atoms with E-state index in [-0.39, 0.29) is 43.6 Å². The smallest absolute Gasteiger partial charge is 0.409 e. The molecule has 0 aromatic heterocycles. The van der Waals surface area contributed by atoms with E-state index in [2.05, 4.69) is 24.3 Å². The minimum atomic E-state index is -0.382. The molecule has 3 amide bonds. The van der Waals surface area contributed by atoms with Crippen molar-refractivity contribution < 1.29 is 33.3 Å². The molecule has 196 valence electrons. The molecule has 0 atom stereocenters. The van der Waals surface area contributed by atoms with Gasteiger partial charge in [0.1, 0.15) is 6.61 Å². The van der Waals surface area contributed by atoms with Crippen LogP contribution in [0.25, 0.3) is 11.1 Å². The number of amides is 3. The lowest BCUT2D eigenvalue weighted by Gasteiger charge is -2.19. The highest BCUT2D eigenvalue weighted by Gasteiger charge is 2.29. The molecular weight excluding hydrogens is 476 g/mol. The van der Waals surface area contributed by atoms with Crippen LogP contribution in [0, 0.1) is 0 Å². The first-order valence-corrected chi connectivity index (χ1v) is 12.4. The topological polar surface area (TPSA) is 94.6 Å². The van der Waals surface area contributed by atoms with Gasteiger partial charge in [-0.05, 0) is 22.3 Å². The molecule has 37 heavy (non-hydrogen) atoms. The van der Waals surface area contributed by atoms with Crippen molar-refractivity contribution in [1.29, 1.82) is 0 Å². The average molecular weight is 509 g/mol. The minimum Gasteiger partial charge on any atom is -0.448 e. The number of hydrogen-bond donors (Lipinski definition) is 0. The van der Waals surface area contributed by atoms with Gasteiger partial charge in [-0.15, -0.1) is 0 Å². The predicted octanol–water partition coefficient (Wildman–Crippen LogP) is 2.84. The van der Waals surface area contributed by atoms with Crippen LogP contribution in [0.5, 0.6) is 0 Å². The van der Waals surface area contributed by atoms with Gasteiger partial charge in [0.25, 0.3) is 11.8 Å². The minimum absolute atomic E-state index is 0.0318. The molecule has 1 aliphatic heterocycles. The number of carbonyl (C=O) groups excluding carboxylic acids is 3. The first-order chi connectivity index (χ1) is 18.1. The molecule has 2 aliphatic rings. The maximum absolute atomic E-state index is 12.5. The highest BCUT2D eigenvalue weighted by atomic mass is 16.6. The summed E-state index contributed by atoms with van der Waals surface area (Å²) in [6, 6.07) is 16.5. The van der Waals surface area contributed by atoms with Gasteiger partial charge in [-0.2, -0.15) is 0 Å². The van der Waals surface area contributed by atoms with E-state index >= 15 is 0 Å². The lowest BCUT2D eigenvalue weighted by Crippen LogP contribution is -2.33. The summed E-state index contributed by atoms with van der Waals surface area (Å²) < 4.78 is 22.0. The van der Waals surface area contributed by atoms with E-state index in [4.69, 9.17) is 18.9 Å². The van der Waals surface area contributed by atoms with Crippen LogP contribution in [0.15, 0.2) is 60.7 Å². The maximum Gasteiger partial charge on any atom is 0.409 e. The molecule has 4 rings (SSSR count). The number of imide groups is 1. The fourth-order valence-corrected chi connectivity index (χ4v) is 4.35. The molecule has 1 heterocycles. The molecule has 0 saturated carbocycles. The summed E-state index contributed by atoms with van der Waals surface area (Å²) in [5.74, 6) is -0.595. The summed E-state index contributed by atoms with van der Waals surface area (Å²) in [6.45, 7) is 3.07. The molecule has 0 radical (unpaired) electrons. The molecule has 0 unspecified atom stereocenters. The van der Waals surface area contributed by atoms with E-state index in [0.29, 0.717) is 39.6 Å². The normalized spacial score (nSPS) is 14.2. The molecule has 2 aromatic rings. The van der Waals surface area contributed by atoms with Gasteiger partial charge in [0.2, 0.25) is 0 Å². The van der Waals surface area contributed by atoms with Crippen LogP contribution in [0.3, 0.4) is 0 Å². The van der Waals surface area contributed by atoms with Gasteiger partial charge in [-0.1, -0.05) is 48.5 Å². The number of benzene rings is 2. The number of ether oxygens (including phenoxy) is 4. The van der Waals surface area contributed by atoms with E-state index in [1.165, 1.54) is 39.3 Å². The SMILES string of the molecule is CN(CCOCCOCCOCCN1C(=O)C=CC1=O)C(=O)OCC1c2ccccc2-c2ccccc21. The Labute approximate surface area is 216 Å². The van der Waals surface area contributed by atoms with Crippen LogP contribution in [-0.4, -0.2) is 94.1 Å². The fourth-order valence-electron chi connectivity index (χ4n) is 4.35. The van der Waals surface area contributed by atoms with Crippen LogP contribution in [0.2, 0.25) is 0 Å². The zero-order valence-electron chi connectivity index (χ0n) is 21.0. The number of nitrogens with zero attached hydrogens (tertiary/aromatic N) is 2. The van der Waals surface area contributed by atoms with Gasteiger partial charge in [0.05, 0.1) is 46.2 Å². The fraction of sp³-hybridized carbons (Fsp3) is 0.393. The zero-order chi connectivity index (χ0) is 26.0. The van der Waals surface area contributed by atoms with Crippen molar-refractivity contribution >= 4 is 17.9 Å². The van der Waals surface area contributed by atoms with Gasteiger partial charge >= 0.3 is 6.09 Å². The van der Waals surface area contributed by atoms with Gasteiger partial charge in [-0.25, -0.2) is 4.79 Å². The third-order valence-corrected chi connectivity index (χ3v) is 6.32. The van der Waals surface area contributed by atoms with Crippen molar-refractivity contribution in [3.05, 3.63) is 71.8 Å². The van der Waals surface area contributed by atoms with Gasteiger partial charge in [0, 0.05) is 31.7 Å². The van der Waals surface area contributed by atoms with Crippen LogP contribution in [0.1, 0.15) is 17.0 Å². The molecule has 9 heteroatoms. The molecule has 9 nitrogen and oxygen atoms in total. The maximum atomic E-state index is 12.5. The van der Waals surface area contributed by atoms with Crippen molar-refractivity contribution in [1.82, 2.24) is 9.80 Å². The Morgan fingerprint density at radius 3 is 1.89 bits per heavy atom. The molecular formula is C28H32N2O7. The number of rotatable bonds is 14. The Bertz CT molecular complexity index is 1070. The largest absolute Gasteiger partial charge is 0.448 e. The molecule has 0 spiro atoms. The van der Waals surface area contributed by atoms with Crippen molar-refractivity contribution in [2.24, 2.45) is 0 Å². The molecule has 0 bridgehead atoms. The average Bonchev–Trinajstić information content (AvgIpc) is 3.41. The molecule has 0 saturated heterocycles. The lowest BCUT2D eigenvalue weighted by atomic mass is 9.98. The zero-order valence-corrected chi connectivity index (χ0v) is 21.0. The number of hydrogen-bond acceptors (Lipinski definition) is 7. The summed E-state index contributed by atoms with van der Waals surface area (Å²) in [4.78, 5) is 38.0. The Hall–Kier alpha value is -3.53. The summed E-state index contributed by atoms with van der Waals surface area (Å²) in [6.07, 6.45) is 2.12. The molecule has 1 aliphatic carbocycles. The third kappa shape index (κ3) is 6.82. The Morgan fingerprint density at radius 2 is 1.30 bits per heavy atom. The number of likely N-dealkylation sites (N-methyl/N-ethyl adjacent to an activating group) is 1. The second-order valence-electron chi connectivity index (χ2n) is 8.72. The van der Waals surface area contributed by atoms with E-state index < -0.39 is 0 Å². The van der Waals surface area contributed by atoms with E-state index in [1.807, 2.05) is 24.3 Å². The van der Waals surface area contributed by atoms with Crippen molar-refractivity contribution in [2.75, 3.05) is 66.4 Å². The molecule has 0 fully saturated rings. The van der Waals surface area contributed by atoms with Gasteiger partial charge in [-0.3, -0.25) is 14.5 Å². The Morgan fingerprint density at radius 1 is 0.784 bits per heavy atom. The summed E-state index contributed by atoms with van der Waals surface area (Å²) >= 11 is 0. The van der Waals surface area contributed by atoms with Gasteiger partial charge < -0.3 is 23.8 Å². The highest BCUT2D eigenvalue weighted by molar-refractivity contribution is 6.12. The van der Waals surface area contributed by atoms with Crippen LogP contribution in [0.4, 0.5) is 4.79 Å². The second kappa shape index (κ2) is 13.1. The first kappa shape index (κ1) is 26.5. The monoisotopic (exact) mass is 508 g/mol. The van der Waals surface area contributed by atoms with E-state index in [1.54, 1.807) is 7.05 Å². The molecule has 0 N–H and O–H groups in total. The van der Waals surface area contributed by atoms with Crippen molar-refractivity contribution in [2.45, 2.75) is 5.92 Å². The predicted molar refractivity (Wildman–Crippen MR) is 136 cm³/mol. The number of fused-ring (bicyclic) bond motifs is 3. The Balaban J connectivity index is 1.04. The first-order valence-electron chi connectivity index (χ1n) is 12.4. The van der Waals surface area contributed by atoms with E-state index in [9.17, 15) is 14.4 Å². The van der Waals surface area contributed by atoms with Crippen molar-refractivity contribution in [3.63, 3.8) is 0 Å². The van der Waals surface area contributed by atoms with Gasteiger partial charge in [0.15, 0.2) is 0 Å². The summed E-state index contributed by atoms with van der Waals surface area (Å²) in [5.41, 5.74) is 4.76. The standard InChI is InChI=1S/C28H32N2O7/c1-29(12-14-34-16-18-36-19-17-35-15-13-30-26(31)10-11-27(30)32)28(33)37-20-25-23-8-4-2-6-21(23)22-7-3-5-9-24(22)25/h2-11,25H,12-20H2,1H3. The summed E-state index contributed by atoms with van der Waals surface area (Å²) in [5, 5.41) is 0. The quantitative estimate of drug-likeness (QED) is 0.286. The van der Waals surface area contributed by atoms with Crippen LogP contribution >= 0.6 is 0 Å². The lowest BCUT2D eigenvalue weighted by molar-refractivity contribution is -0.137. The highest BCUT2D eigenvalue weighted by Crippen LogP contribution is 2.44. The van der Waals surface area contributed by atoms with Crippen LogP contribution < -0.4 is 0 Å². The van der Waals surface area contributed by atoms with Crippen molar-refractivity contribution in [3.8, 4) is 11.1 Å². The van der Waals surface area contributed by atoms with Crippen LogP contribution in [-0.2, 0) is 28.5 Å². The second-order valence-corrected chi connectivity index (χ2v) is 8.72.